The minimum Gasteiger partial charge on any atom is -0.327 e. The van der Waals surface area contributed by atoms with Gasteiger partial charge in [-0.05, 0) is 30.3 Å². The van der Waals surface area contributed by atoms with Crippen LogP contribution in [-0.4, -0.2) is 17.2 Å². The van der Waals surface area contributed by atoms with Gasteiger partial charge in [0.25, 0.3) is 11.5 Å². The van der Waals surface area contributed by atoms with Crippen molar-refractivity contribution in [1.29, 1.82) is 0 Å². The maximum absolute atomic E-state index is 12.0. The summed E-state index contributed by atoms with van der Waals surface area (Å²) in [5, 5.41) is 2.53. The van der Waals surface area contributed by atoms with E-state index in [1.807, 2.05) is 0 Å². The van der Waals surface area contributed by atoms with E-state index in [4.69, 9.17) is 5.84 Å². The molecule has 1 heterocycles. The number of nitrogens with zero attached hydrogens (tertiary/aromatic N) is 1. The molecule has 2 rings (SSSR count). The predicted octanol–water partition coefficient (Wildman–Crippen LogP) is 0.750. The zero-order chi connectivity index (χ0) is 14.4. The fraction of sp³-hybridized carbons (Fsp3) is 0. The second-order valence-corrected chi connectivity index (χ2v) is 3.84. The highest BCUT2D eigenvalue weighted by molar-refractivity contribution is 6.04. The molecule has 0 radical (unpaired) electrons. The van der Waals surface area contributed by atoms with Gasteiger partial charge >= 0.3 is 0 Å². The number of nitrogens with two attached hydrogens (primary N) is 1. The van der Waals surface area contributed by atoms with Gasteiger partial charge in [0, 0.05) is 11.8 Å². The summed E-state index contributed by atoms with van der Waals surface area (Å²) in [4.78, 5) is 30.0. The topological polar surface area (TPSA) is 112 Å². The van der Waals surface area contributed by atoms with E-state index < -0.39 is 0 Å². The molecule has 102 valence electrons. The molecule has 0 aliphatic rings. The molecule has 0 saturated heterocycles. The number of hydrogen-bond donors (Lipinski definition) is 4. The van der Waals surface area contributed by atoms with Crippen LogP contribution in [0, 0.1) is 0 Å². The summed E-state index contributed by atoms with van der Waals surface area (Å²) >= 11 is 0. The molecule has 0 unspecified atom stereocenters. The van der Waals surface area contributed by atoms with Crippen molar-refractivity contribution < 1.29 is 4.79 Å². The van der Waals surface area contributed by atoms with Crippen LogP contribution in [0.4, 0.5) is 11.4 Å². The molecule has 1 amide bonds. The van der Waals surface area contributed by atoms with Crippen LogP contribution in [0.25, 0.3) is 0 Å². The largest absolute Gasteiger partial charge is 0.327 e. The van der Waals surface area contributed by atoms with E-state index in [-0.39, 0.29) is 17.2 Å². The number of aromatic nitrogens is 1. The van der Waals surface area contributed by atoms with Gasteiger partial charge in [0.2, 0.25) is 0 Å². The Morgan fingerprint density at radius 1 is 1.30 bits per heavy atom. The number of carbonyl (C=O) groups is 1. The van der Waals surface area contributed by atoms with Gasteiger partial charge in [0.1, 0.15) is 12.0 Å². The highest BCUT2D eigenvalue weighted by atomic mass is 16.2. The number of carbonyl (C=O) groups excluding carboxylic acids is 1. The molecule has 1 aromatic carbocycles. The van der Waals surface area contributed by atoms with Gasteiger partial charge in [-0.2, -0.15) is 0 Å². The lowest BCUT2D eigenvalue weighted by Gasteiger charge is -2.04. The third-order valence-electron chi connectivity index (χ3n) is 2.46. The smallest absolute Gasteiger partial charge is 0.271 e. The van der Waals surface area contributed by atoms with Crippen molar-refractivity contribution in [3.8, 4) is 0 Å². The Kier molecular flexibility index (Phi) is 4.25. The molecule has 7 nitrogen and oxygen atoms in total. The summed E-state index contributed by atoms with van der Waals surface area (Å²) in [6, 6.07) is 9.77. The van der Waals surface area contributed by atoms with Crippen LogP contribution in [-0.2, 0) is 0 Å². The summed E-state index contributed by atoms with van der Waals surface area (Å²) in [6.45, 7) is 0. The van der Waals surface area contributed by atoms with Crippen molar-refractivity contribution >= 4 is 23.6 Å². The number of hydrazine groups is 1. The number of hydrogen-bond acceptors (Lipinski definition) is 4. The maximum Gasteiger partial charge on any atom is 0.271 e. The Morgan fingerprint density at radius 3 is 2.90 bits per heavy atom. The second-order valence-electron chi connectivity index (χ2n) is 3.84. The first-order chi connectivity index (χ1) is 9.70. The first kappa shape index (κ1) is 13.5. The molecule has 0 saturated carbocycles. The number of anilines is 1. The summed E-state index contributed by atoms with van der Waals surface area (Å²) in [6.07, 6.45) is 2.80. The van der Waals surface area contributed by atoms with Crippen molar-refractivity contribution in [3.63, 3.8) is 0 Å². The first-order valence-corrected chi connectivity index (χ1v) is 5.78. The average molecular weight is 271 g/mol. The van der Waals surface area contributed by atoms with Gasteiger partial charge in [-0.15, -0.1) is 0 Å². The quantitative estimate of drug-likeness (QED) is 0.284. The van der Waals surface area contributed by atoms with Crippen LogP contribution in [0.2, 0.25) is 0 Å². The SMILES string of the molecule is NNC=Nc1cccc(C(=O)Nc2ccc[nH]c2=O)c1. The number of amides is 1. The van der Waals surface area contributed by atoms with Crippen molar-refractivity contribution in [3.05, 3.63) is 58.5 Å². The lowest BCUT2D eigenvalue weighted by atomic mass is 10.2. The Morgan fingerprint density at radius 2 is 2.15 bits per heavy atom. The molecule has 0 atom stereocenters. The molecule has 20 heavy (non-hydrogen) atoms. The number of H-pyrrole nitrogens is 1. The third-order valence-corrected chi connectivity index (χ3v) is 2.46. The standard InChI is InChI=1S/C13H13N5O2/c14-17-8-16-10-4-1-3-9(7-10)12(19)18-11-5-2-6-15-13(11)20/h1-8H,14H2,(H,15,20)(H,16,17)(H,18,19). The predicted molar refractivity (Wildman–Crippen MR) is 76.9 cm³/mol. The van der Waals surface area contributed by atoms with Gasteiger partial charge in [0.05, 0.1) is 5.69 Å². The minimum absolute atomic E-state index is 0.190. The first-order valence-electron chi connectivity index (χ1n) is 5.78. The van der Waals surface area contributed by atoms with Gasteiger partial charge < -0.3 is 15.7 Å². The molecule has 0 fully saturated rings. The van der Waals surface area contributed by atoms with E-state index in [1.54, 1.807) is 30.3 Å². The Labute approximate surface area is 114 Å². The monoisotopic (exact) mass is 271 g/mol. The molecule has 0 aliphatic carbocycles. The number of benzene rings is 1. The van der Waals surface area contributed by atoms with Crippen LogP contribution in [0.1, 0.15) is 10.4 Å². The van der Waals surface area contributed by atoms with E-state index >= 15 is 0 Å². The van der Waals surface area contributed by atoms with E-state index in [9.17, 15) is 9.59 Å². The second kappa shape index (κ2) is 6.30. The highest BCUT2D eigenvalue weighted by Gasteiger charge is 2.08. The maximum atomic E-state index is 12.0. The Balaban J connectivity index is 2.19. The van der Waals surface area contributed by atoms with E-state index in [0.29, 0.717) is 11.3 Å². The Hall–Kier alpha value is -2.93. The van der Waals surface area contributed by atoms with Gasteiger partial charge in [0.15, 0.2) is 0 Å². The van der Waals surface area contributed by atoms with E-state index in [0.717, 1.165) is 0 Å². The molecule has 0 spiro atoms. The Bertz CT molecular complexity index is 693. The molecule has 2 aromatic rings. The average Bonchev–Trinajstić information content (AvgIpc) is 2.48. The summed E-state index contributed by atoms with van der Waals surface area (Å²) in [5.74, 6) is 4.69. The zero-order valence-corrected chi connectivity index (χ0v) is 10.5. The summed E-state index contributed by atoms with van der Waals surface area (Å²) < 4.78 is 0. The number of aliphatic imine (C=N–C) groups is 1. The van der Waals surface area contributed by atoms with E-state index in [2.05, 4.69) is 20.7 Å². The molecular weight excluding hydrogens is 258 g/mol. The van der Waals surface area contributed by atoms with Crippen LogP contribution in [0.5, 0.6) is 0 Å². The van der Waals surface area contributed by atoms with Crippen molar-refractivity contribution in [1.82, 2.24) is 10.4 Å². The zero-order valence-electron chi connectivity index (χ0n) is 10.5. The number of rotatable bonds is 4. The molecule has 0 bridgehead atoms. The molecular formula is C13H13N5O2. The lowest BCUT2D eigenvalue weighted by Crippen LogP contribution is -2.19. The molecule has 0 aliphatic heterocycles. The van der Waals surface area contributed by atoms with Crippen LogP contribution in [0.3, 0.4) is 0 Å². The van der Waals surface area contributed by atoms with Crippen molar-refractivity contribution in [2.75, 3.05) is 5.32 Å². The number of nitrogens with one attached hydrogen (secondary N) is 3. The van der Waals surface area contributed by atoms with Crippen molar-refractivity contribution in [2.45, 2.75) is 0 Å². The molecule has 7 heteroatoms. The van der Waals surface area contributed by atoms with Crippen LogP contribution >= 0.6 is 0 Å². The highest BCUT2D eigenvalue weighted by Crippen LogP contribution is 2.14. The lowest BCUT2D eigenvalue weighted by molar-refractivity contribution is 0.102. The molecule has 1 aromatic heterocycles. The minimum atomic E-state index is -0.389. The fourth-order valence-electron chi connectivity index (χ4n) is 1.55. The number of pyridine rings is 1. The summed E-state index contributed by atoms with van der Waals surface area (Å²) in [5.41, 5.74) is 3.06. The summed E-state index contributed by atoms with van der Waals surface area (Å²) in [7, 11) is 0. The van der Waals surface area contributed by atoms with Crippen LogP contribution < -0.4 is 22.1 Å². The van der Waals surface area contributed by atoms with Gasteiger partial charge in [-0.3, -0.25) is 9.59 Å². The van der Waals surface area contributed by atoms with Crippen LogP contribution in [0.15, 0.2) is 52.4 Å². The third kappa shape index (κ3) is 3.30. The molecule has 5 N–H and O–H groups in total. The number of aromatic amines is 1. The fourth-order valence-corrected chi connectivity index (χ4v) is 1.55. The van der Waals surface area contributed by atoms with Gasteiger partial charge in [-0.25, -0.2) is 10.8 Å². The normalized spacial score (nSPS) is 10.4. The van der Waals surface area contributed by atoms with E-state index in [1.165, 1.54) is 18.6 Å². The van der Waals surface area contributed by atoms with Crippen molar-refractivity contribution in [2.24, 2.45) is 10.8 Å². The van der Waals surface area contributed by atoms with Gasteiger partial charge in [-0.1, -0.05) is 6.07 Å².